The standard InChI is InChI=1S/C16H25FN2O.ClH/c1-13-12-15(17)8-7-14(13)9-11-19-16(20)6-4-2-3-5-10-18;/h7-8,12H,2-6,9-11,18H2,1H3,(H,19,20);1H. The smallest absolute Gasteiger partial charge is 0.220 e. The fourth-order valence-corrected chi connectivity index (χ4v) is 2.15. The summed E-state index contributed by atoms with van der Waals surface area (Å²) in [6.45, 7) is 3.22. The van der Waals surface area contributed by atoms with Crippen LogP contribution in [0.5, 0.6) is 0 Å². The van der Waals surface area contributed by atoms with E-state index in [0.717, 1.165) is 49.8 Å². The molecule has 0 atom stereocenters. The van der Waals surface area contributed by atoms with Gasteiger partial charge in [-0.25, -0.2) is 4.39 Å². The molecule has 0 aliphatic heterocycles. The van der Waals surface area contributed by atoms with Gasteiger partial charge in [-0.2, -0.15) is 0 Å². The molecule has 0 radical (unpaired) electrons. The Labute approximate surface area is 132 Å². The first-order valence-electron chi connectivity index (χ1n) is 7.35. The summed E-state index contributed by atoms with van der Waals surface area (Å²) in [5.74, 6) is -0.120. The van der Waals surface area contributed by atoms with Crippen molar-refractivity contribution in [3.63, 3.8) is 0 Å². The number of benzene rings is 1. The highest BCUT2D eigenvalue weighted by Gasteiger charge is 2.03. The Morgan fingerprint density at radius 1 is 1.24 bits per heavy atom. The molecule has 0 spiro atoms. The van der Waals surface area contributed by atoms with Crippen molar-refractivity contribution in [1.29, 1.82) is 0 Å². The first-order chi connectivity index (χ1) is 9.63. The molecule has 1 aromatic carbocycles. The Hall–Kier alpha value is -1.13. The highest BCUT2D eigenvalue weighted by atomic mass is 35.5. The van der Waals surface area contributed by atoms with Crippen molar-refractivity contribution in [2.24, 2.45) is 5.73 Å². The van der Waals surface area contributed by atoms with Crippen molar-refractivity contribution in [2.75, 3.05) is 13.1 Å². The lowest BCUT2D eigenvalue weighted by Crippen LogP contribution is -2.25. The largest absolute Gasteiger partial charge is 0.356 e. The Morgan fingerprint density at radius 3 is 2.62 bits per heavy atom. The number of hydrogen-bond acceptors (Lipinski definition) is 2. The van der Waals surface area contributed by atoms with Crippen LogP contribution in [0.4, 0.5) is 4.39 Å². The second kappa shape index (κ2) is 11.5. The number of amides is 1. The predicted molar refractivity (Wildman–Crippen MR) is 87.2 cm³/mol. The maximum atomic E-state index is 12.9. The molecule has 3 N–H and O–H groups in total. The lowest BCUT2D eigenvalue weighted by atomic mass is 10.1. The van der Waals surface area contributed by atoms with Crippen LogP contribution in [-0.4, -0.2) is 19.0 Å². The van der Waals surface area contributed by atoms with E-state index in [4.69, 9.17) is 5.73 Å². The van der Waals surface area contributed by atoms with Crippen LogP contribution < -0.4 is 11.1 Å². The Kier molecular flexibility index (Phi) is 10.9. The minimum Gasteiger partial charge on any atom is -0.356 e. The number of halogens is 2. The summed E-state index contributed by atoms with van der Waals surface area (Å²) in [6, 6.07) is 4.76. The second-order valence-electron chi connectivity index (χ2n) is 5.12. The average Bonchev–Trinajstić information content (AvgIpc) is 2.41. The van der Waals surface area contributed by atoms with Crippen molar-refractivity contribution >= 4 is 18.3 Å². The minimum atomic E-state index is -0.215. The van der Waals surface area contributed by atoms with Gasteiger partial charge in [0, 0.05) is 13.0 Å². The van der Waals surface area contributed by atoms with E-state index in [9.17, 15) is 9.18 Å². The van der Waals surface area contributed by atoms with Crippen LogP contribution in [0.25, 0.3) is 0 Å². The van der Waals surface area contributed by atoms with Crippen LogP contribution in [0.1, 0.15) is 43.2 Å². The first kappa shape index (κ1) is 19.9. The third-order valence-electron chi connectivity index (χ3n) is 3.38. The lowest BCUT2D eigenvalue weighted by Gasteiger charge is -2.08. The van der Waals surface area contributed by atoms with Crippen molar-refractivity contribution in [2.45, 2.75) is 45.4 Å². The fourth-order valence-electron chi connectivity index (χ4n) is 2.15. The Morgan fingerprint density at radius 2 is 1.95 bits per heavy atom. The molecule has 5 heteroatoms. The monoisotopic (exact) mass is 316 g/mol. The van der Waals surface area contributed by atoms with Crippen LogP contribution in [0.2, 0.25) is 0 Å². The molecule has 0 aromatic heterocycles. The normalized spacial score (nSPS) is 10.0. The van der Waals surface area contributed by atoms with Crippen molar-refractivity contribution in [3.8, 4) is 0 Å². The van der Waals surface area contributed by atoms with E-state index >= 15 is 0 Å². The summed E-state index contributed by atoms with van der Waals surface area (Å²) in [5.41, 5.74) is 7.42. The van der Waals surface area contributed by atoms with Crippen LogP contribution in [0.3, 0.4) is 0 Å². The predicted octanol–water partition coefficient (Wildman–Crippen LogP) is 3.12. The van der Waals surface area contributed by atoms with Gasteiger partial charge in [-0.1, -0.05) is 18.9 Å². The van der Waals surface area contributed by atoms with E-state index in [1.807, 2.05) is 6.92 Å². The van der Waals surface area contributed by atoms with Crippen molar-refractivity contribution < 1.29 is 9.18 Å². The summed E-state index contributed by atoms with van der Waals surface area (Å²) in [4.78, 5) is 11.6. The second-order valence-corrected chi connectivity index (χ2v) is 5.12. The molecule has 3 nitrogen and oxygen atoms in total. The Balaban J connectivity index is 0.00000400. The molecule has 0 aliphatic rings. The lowest BCUT2D eigenvalue weighted by molar-refractivity contribution is -0.121. The number of carbonyl (C=O) groups is 1. The fraction of sp³-hybridized carbons (Fsp3) is 0.562. The van der Waals surface area contributed by atoms with Gasteiger partial charge in [0.15, 0.2) is 0 Å². The number of nitrogens with one attached hydrogen (secondary N) is 1. The van der Waals surface area contributed by atoms with Gasteiger partial charge >= 0.3 is 0 Å². The van der Waals surface area contributed by atoms with Gasteiger partial charge in [0.2, 0.25) is 5.91 Å². The van der Waals surface area contributed by atoms with Crippen LogP contribution >= 0.6 is 12.4 Å². The Bertz CT molecular complexity index is 427. The number of aryl methyl sites for hydroxylation is 1. The van der Waals surface area contributed by atoms with Crippen LogP contribution in [0.15, 0.2) is 18.2 Å². The van der Waals surface area contributed by atoms with E-state index in [2.05, 4.69) is 5.32 Å². The number of carbonyl (C=O) groups excluding carboxylic acids is 1. The van der Waals surface area contributed by atoms with E-state index in [1.54, 1.807) is 6.07 Å². The van der Waals surface area contributed by atoms with E-state index in [-0.39, 0.29) is 24.1 Å². The topological polar surface area (TPSA) is 55.1 Å². The summed E-state index contributed by atoms with van der Waals surface area (Å²) >= 11 is 0. The first-order valence-corrected chi connectivity index (χ1v) is 7.35. The molecule has 1 rings (SSSR count). The molecule has 1 aromatic rings. The van der Waals surface area contributed by atoms with Gasteiger partial charge in [0.25, 0.3) is 0 Å². The van der Waals surface area contributed by atoms with Crippen molar-refractivity contribution in [1.82, 2.24) is 5.32 Å². The molecular weight excluding hydrogens is 291 g/mol. The molecule has 0 bridgehead atoms. The minimum absolute atomic E-state index is 0. The quantitative estimate of drug-likeness (QED) is 0.688. The summed E-state index contributed by atoms with van der Waals surface area (Å²) in [6.07, 6.45) is 5.42. The van der Waals surface area contributed by atoms with E-state index in [1.165, 1.54) is 12.1 Å². The molecule has 0 fully saturated rings. The molecular formula is C16H26ClFN2O. The number of rotatable bonds is 9. The van der Waals surface area contributed by atoms with Gasteiger partial charge in [0.05, 0.1) is 0 Å². The van der Waals surface area contributed by atoms with E-state index < -0.39 is 0 Å². The maximum Gasteiger partial charge on any atom is 0.220 e. The van der Waals surface area contributed by atoms with Crippen LogP contribution in [-0.2, 0) is 11.2 Å². The summed E-state index contributed by atoms with van der Waals surface area (Å²) < 4.78 is 12.9. The molecule has 0 saturated heterocycles. The van der Waals surface area contributed by atoms with E-state index in [0.29, 0.717) is 13.0 Å². The molecule has 0 heterocycles. The SMILES string of the molecule is Cc1cc(F)ccc1CCNC(=O)CCCCCCN.Cl. The number of unbranched alkanes of at least 4 members (excludes halogenated alkanes) is 3. The van der Waals surface area contributed by atoms with Crippen LogP contribution in [0, 0.1) is 12.7 Å². The van der Waals surface area contributed by atoms with Gasteiger partial charge < -0.3 is 11.1 Å². The third-order valence-corrected chi connectivity index (χ3v) is 3.38. The molecule has 0 unspecified atom stereocenters. The third kappa shape index (κ3) is 8.68. The highest BCUT2D eigenvalue weighted by Crippen LogP contribution is 2.10. The zero-order valence-electron chi connectivity index (χ0n) is 12.7. The molecule has 21 heavy (non-hydrogen) atoms. The summed E-state index contributed by atoms with van der Waals surface area (Å²) in [7, 11) is 0. The van der Waals surface area contributed by atoms with Gasteiger partial charge in [-0.15, -0.1) is 12.4 Å². The van der Waals surface area contributed by atoms with Gasteiger partial charge in [-0.3, -0.25) is 4.79 Å². The maximum absolute atomic E-state index is 12.9. The molecule has 1 amide bonds. The van der Waals surface area contributed by atoms with Gasteiger partial charge in [0.1, 0.15) is 5.82 Å². The molecule has 0 aliphatic carbocycles. The van der Waals surface area contributed by atoms with Crippen molar-refractivity contribution in [3.05, 3.63) is 35.1 Å². The molecule has 0 saturated carbocycles. The van der Waals surface area contributed by atoms with Gasteiger partial charge in [-0.05, 0) is 56.0 Å². The summed E-state index contributed by atoms with van der Waals surface area (Å²) in [5, 5.41) is 2.91. The molecule has 120 valence electrons. The number of nitrogens with two attached hydrogens (primary N) is 1. The average molecular weight is 317 g/mol. The zero-order valence-corrected chi connectivity index (χ0v) is 13.5. The number of hydrogen-bond donors (Lipinski definition) is 2. The zero-order chi connectivity index (χ0) is 14.8. The highest BCUT2D eigenvalue weighted by molar-refractivity contribution is 5.85.